The number of phenolic OH excluding ortho intramolecular Hbond substituents is 1. The first-order chi connectivity index (χ1) is 9.72. The first-order valence-electron chi connectivity index (χ1n) is 6.73. The molecule has 3 aromatic rings. The van der Waals surface area contributed by atoms with Crippen molar-refractivity contribution in [2.24, 2.45) is 0 Å². The zero-order valence-corrected chi connectivity index (χ0v) is 16.1. The molecule has 0 radical (unpaired) electrons. The van der Waals surface area contributed by atoms with Gasteiger partial charge in [0.05, 0.1) is 17.0 Å². The Balaban J connectivity index is 0.00000161. The molecule has 3 rings (SSSR count). The van der Waals surface area contributed by atoms with Gasteiger partial charge in [-0.05, 0) is 31.2 Å². The molecule has 1 heterocycles. The van der Waals surface area contributed by atoms with Gasteiger partial charge in [0.2, 0.25) is 5.69 Å². The average Bonchev–Trinajstić information content (AvgIpc) is 2.86. The standard InChI is InChI=1S/C17H16NOS.Zn/c1-3-12(2)18-17(13-8-4-6-10-15(13)19)14-9-5-7-11-16(14)20-18;/h3-12H,1-2H3;/q-1;/p+1. The molecule has 0 saturated heterocycles. The number of nitrogens with zero attached hydrogens (tertiary/aromatic N) is 1. The third-order valence-electron chi connectivity index (χ3n) is 3.57. The Morgan fingerprint density at radius 1 is 1.10 bits per heavy atom. The molecule has 0 amide bonds. The van der Waals surface area contributed by atoms with Gasteiger partial charge in [0, 0.05) is 19.5 Å². The van der Waals surface area contributed by atoms with Crippen LogP contribution >= 0.6 is 11.5 Å². The molecule has 1 unspecified atom stereocenters. The molecule has 1 aromatic heterocycles. The molecule has 0 aliphatic carbocycles. The van der Waals surface area contributed by atoms with E-state index in [4.69, 9.17) is 0 Å². The van der Waals surface area contributed by atoms with E-state index in [9.17, 15) is 5.11 Å². The van der Waals surface area contributed by atoms with Gasteiger partial charge in [0.1, 0.15) is 22.0 Å². The zero-order chi connectivity index (χ0) is 14.1. The summed E-state index contributed by atoms with van der Waals surface area (Å²) in [5, 5.41) is 11.4. The van der Waals surface area contributed by atoms with E-state index in [0.717, 1.165) is 11.3 Å². The van der Waals surface area contributed by atoms with Crippen LogP contribution in [0.4, 0.5) is 0 Å². The number of phenols is 1. The van der Waals surface area contributed by atoms with Crippen molar-refractivity contribution in [1.82, 2.24) is 0 Å². The number of fused-ring (bicyclic) bond motifs is 1. The summed E-state index contributed by atoms with van der Waals surface area (Å²) in [5.74, 6) is 0.327. The SMILES string of the molecule is C[CH-]C(C)[n+]1sc2ccccc2c1-c1ccccc1O.[Zn]. The fraction of sp³-hybridized carbons (Fsp3) is 0.176. The van der Waals surface area contributed by atoms with Crippen LogP contribution in [-0.4, -0.2) is 5.11 Å². The minimum absolute atomic E-state index is 0. The van der Waals surface area contributed by atoms with Crippen LogP contribution < -0.4 is 3.96 Å². The first-order valence-corrected chi connectivity index (χ1v) is 7.51. The van der Waals surface area contributed by atoms with Crippen LogP contribution in [0.15, 0.2) is 48.5 Å². The molecule has 0 aliphatic heterocycles. The Labute approximate surface area is 142 Å². The zero-order valence-electron chi connectivity index (χ0n) is 12.3. The van der Waals surface area contributed by atoms with Gasteiger partial charge in [-0.2, -0.15) is 10.9 Å². The van der Waals surface area contributed by atoms with E-state index in [1.54, 1.807) is 17.6 Å². The van der Waals surface area contributed by atoms with Crippen molar-refractivity contribution in [1.29, 1.82) is 0 Å². The van der Waals surface area contributed by atoms with Crippen molar-refractivity contribution in [3.63, 3.8) is 0 Å². The van der Waals surface area contributed by atoms with Gasteiger partial charge in [-0.25, -0.2) is 0 Å². The van der Waals surface area contributed by atoms with E-state index in [2.05, 4.69) is 42.4 Å². The van der Waals surface area contributed by atoms with E-state index in [1.165, 1.54) is 10.1 Å². The molecular formula is C17H17NOSZn. The molecule has 0 fully saturated rings. The van der Waals surface area contributed by atoms with E-state index in [-0.39, 0.29) is 19.5 Å². The van der Waals surface area contributed by atoms with Crippen LogP contribution in [0.2, 0.25) is 0 Å². The van der Waals surface area contributed by atoms with Gasteiger partial charge >= 0.3 is 0 Å². The topological polar surface area (TPSA) is 24.1 Å². The van der Waals surface area contributed by atoms with Crippen molar-refractivity contribution in [3.8, 4) is 17.0 Å². The summed E-state index contributed by atoms with van der Waals surface area (Å²) in [5.41, 5.74) is 1.98. The molecule has 21 heavy (non-hydrogen) atoms. The number of aromatic hydroxyl groups is 1. The molecule has 0 saturated carbocycles. The number of para-hydroxylation sites is 1. The second-order valence-corrected chi connectivity index (χ2v) is 5.87. The third-order valence-corrected chi connectivity index (χ3v) is 4.84. The van der Waals surface area contributed by atoms with Gasteiger partial charge in [-0.3, -0.25) is 6.42 Å². The molecule has 0 bridgehead atoms. The second kappa shape index (κ2) is 6.68. The second-order valence-electron chi connectivity index (χ2n) is 4.85. The number of hydrogen-bond acceptors (Lipinski definition) is 2. The molecule has 0 spiro atoms. The third kappa shape index (κ3) is 2.88. The van der Waals surface area contributed by atoms with Crippen LogP contribution in [0.25, 0.3) is 21.3 Å². The first kappa shape index (κ1) is 16.1. The Kier molecular flexibility index (Phi) is 5.13. The summed E-state index contributed by atoms with van der Waals surface area (Å²) in [7, 11) is 0. The van der Waals surface area contributed by atoms with Crippen LogP contribution in [0.3, 0.4) is 0 Å². The Hall–Kier alpha value is -1.25. The minimum Gasteiger partial charge on any atom is -0.507 e. The van der Waals surface area contributed by atoms with Crippen LogP contribution in [0.1, 0.15) is 19.9 Å². The number of rotatable bonds is 3. The van der Waals surface area contributed by atoms with E-state index < -0.39 is 0 Å². The Morgan fingerprint density at radius 2 is 1.76 bits per heavy atom. The summed E-state index contributed by atoms with van der Waals surface area (Å²) >= 11 is 1.73. The minimum atomic E-state index is 0. The van der Waals surface area contributed by atoms with E-state index >= 15 is 0 Å². The van der Waals surface area contributed by atoms with Crippen LogP contribution in [0.5, 0.6) is 5.75 Å². The molecule has 1 N–H and O–H groups in total. The van der Waals surface area contributed by atoms with E-state index in [0.29, 0.717) is 11.8 Å². The summed E-state index contributed by atoms with van der Waals surface area (Å²) < 4.78 is 3.50. The van der Waals surface area contributed by atoms with Crippen molar-refractivity contribution in [2.75, 3.05) is 0 Å². The smallest absolute Gasteiger partial charge is 0.236 e. The number of hydrogen-bond donors (Lipinski definition) is 1. The largest absolute Gasteiger partial charge is 0.507 e. The summed E-state index contributed by atoms with van der Waals surface area (Å²) in [6.07, 6.45) is 2.17. The van der Waals surface area contributed by atoms with Gasteiger partial charge in [-0.15, -0.1) is 0 Å². The van der Waals surface area contributed by atoms with Crippen LogP contribution in [0, 0.1) is 6.42 Å². The maximum absolute atomic E-state index is 10.2. The summed E-state index contributed by atoms with van der Waals surface area (Å²) in [4.78, 5) is 0. The molecule has 0 aliphatic rings. The van der Waals surface area contributed by atoms with Crippen molar-refractivity contribution in [2.45, 2.75) is 19.9 Å². The predicted octanol–water partition coefficient (Wildman–Crippen LogP) is 4.34. The van der Waals surface area contributed by atoms with Crippen molar-refractivity contribution < 1.29 is 28.5 Å². The van der Waals surface area contributed by atoms with Crippen molar-refractivity contribution in [3.05, 3.63) is 55.0 Å². The normalized spacial score (nSPS) is 12.1. The fourth-order valence-electron chi connectivity index (χ4n) is 2.37. The maximum atomic E-state index is 10.2. The molecule has 1 atom stereocenters. The van der Waals surface area contributed by atoms with Gasteiger partial charge in [-0.1, -0.05) is 24.3 Å². The summed E-state index contributed by atoms with van der Waals surface area (Å²) in [6, 6.07) is 16.2. The monoisotopic (exact) mass is 347 g/mol. The quantitative estimate of drug-likeness (QED) is 0.425. The molecule has 104 valence electrons. The maximum Gasteiger partial charge on any atom is 0.236 e. The molecule has 4 heteroatoms. The average molecular weight is 349 g/mol. The van der Waals surface area contributed by atoms with Gasteiger partial charge < -0.3 is 5.11 Å². The Morgan fingerprint density at radius 3 is 2.48 bits per heavy atom. The molecule has 2 aromatic carbocycles. The van der Waals surface area contributed by atoms with Gasteiger partial charge in [0.15, 0.2) is 0 Å². The number of benzene rings is 2. The van der Waals surface area contributed by atoms with Gasteiger partial charge in [0.25, 0.3) is 0 Å². The molecule has 2 nitrogen and oxygen atoms in total. The summed E-state index contributed by atoms with van der Waals surface area (Å²) in [6.45, 7) is 4.23. The Bertz CT molecular complexity index is 753. The fourth-order valence-corrected chi connectivity index (χ4v) is 3.56. The van der Waals surface area contributed by atoms with Crippen molar-refractivity contribution >= 4 is 21.6 Å². The van der Waals surface area contributed by atoms with E-state index in [1.807, 2.05) is 24.3 Å². The predicted molar refractivity (Wildman–Crippen MR) is 83.8 cm³/mol. The van der Waals surface area contributed by atoms with Crippen LogP contribution in [-0.2, 0) is 19.5 Å². The molecular weight excluding hydrogens is 332 g/mol. The number of aromatic nitrogens is 1.